The van der Waals surface area contributed by atoms with Crippen molar-refractivity contribution >= 4 is 25.6 Å². The van der Waals surface area contributed by atoms with Crippen LogP contribution >= 0.6 is 0 Å². The van der Waals surface area contributed by atoms with E-state index in [1.54, 1.807) is 43.5 Å². The number of carbonyl (C=O) groups is 1. The number of amides is 1. The summed E-state index contributed by atoms with van der Waals surface area (Å²) in [6.07, 6.45) is 3.95. The monoisotopic (exact) mass is 534 g/mol. The first kappa shape index (κ1) is 26.2. The lowest BCUT2D eigenvalue weighted by Gasteiger charge is -2.10. The normalized spacial score (nSPS) is 11.8. The number of benzene rings is 3. The van der Waals surface area contributed by atoms with Gasteiger partial charge in [0.05, 0.1) is 22.0 Å². The molecule has 4 aromatic rings. The Morgan fingerprint density at radius 3 is 2.03 bits per heavy atom. The number of hydrogen-bond donors (Lipinski definition) is 1. The van der Waals surface area contributed by atoms with Crippen molar-refractivity contribution in [2.45, 2.75) is 23.3 Å². The van der Waals surface area contributed by atoms with E-state index >= 15 is 0 Å². The molecule has 190 valence electrons. The second-order valence-corrected chi connectivity index (χ2v) is 12.9. The van der Waals surface area contributed by atoms with Gasteiger partial charge in [-0.25, -0.2) is 16.8 Å². The molecular weight excluding hydrogens is 508 g/mol. The van der Waals surface area contributed by atoms with Crippen LogP contribution in [0.25, 0.3) is 22.3 Å². The predicted octanol–water partition coefficient (Wildman–Crippen LogP) is 4.46. The third kappa shape index (κ3) is 6.31. The highest BCUT2D eigenvalue weighted by molar-refractivity contribution is 7.91. The highest BCUT2D eigenvalue weighted by Gasteiger charge is 2.15. The van der Waals surface area contributed by atoms with Crippen molar-refractivity contribution in [2.75, 3.05) is 12.5 Å². The highest BCUT2D eigenvalue weighted by Crippen LogP contribution is 2.28. The van der Waals surface area contributed by atoms with Crippen molar-refractivity contribution in [2.24, 2.45) is 0 Å². The first-order valence-corrected chi connectivity index (χ1v) is 15.1. The molecule has 1 aromatic heterocycles. The van der Waals surface area contributed by atoms with Gasteiger partial charge in [-0.05, 0) is 77.2 Å². The van der Waals surface area contributed by atoms with Crippen LogP contribution in [0.5, 0.6) is 0 Å². The van der Waals surface area contributed by atoms with Crippen molar-refractivity contribution in [3.63, 3.8) is 0 Å². The van der Waals surface area contributed by atoms with E-state index < -0.39 is 25.6 Å². The topological polar surface area (TPSA) is 110 Å². The summed E-state index contributed by atoms with van der Waals surface area (Å²) in [5.74, 6) is -0.398. The summed E-state index contributed by atoms with van der Waals surface area (Å²) in [6.45, 7) is 1.84. The van der Waals surface area contributed by atoms with Crippen molar-refractivity contribution in [3.05, 3.63) is 102 Å². The van der Waals surface area contributed by atoms with Crippen LogP contribution < -0.4 is 5.32 Å². The van der Waals surface area contributed by atoms with E-state index in [0.29, 0.717) is 11.3 Å². The quantitative estimate of drug-likeness (QED) is 0.375. The Bertz CT molecular complexity index is 1710. The van der Waals surface area contributed by atoms with Crippen LogP contribution in [0.2, 0.25) is 0 Å². The second kappa shape index (κ2) is 10.3. The summed E-state index contributed by atoms with van der Waals surface area (Å²) in [4.78, 5) is 17.4. The Labute approximate surface area is 217 Å². The van der Waals surface area contributed by atoms with E-state index in [9.17, 15) is 21.6 Å². The van der Waals surface area contributed by atoms with E-state index in [1.807, 2.05) is 42.5 Å². The Kier molecular flexibility index (Phi) is 7.29. The molecule has 7 nitrogen and oxygen atoms in total. The Hall–Kier alpha value is -3.82. The molecule has 37 heavy (non-hydrogen) atoms. The zero-order valence-electron chi connectivity index (χ0n) is 20.6. The lowest BCUT2D eigenvalue weighted by atomic mass is 9.99. The molecule has 0 aliphatic heterocycles. The molecule has 0 atom stereocenters. The van der Waals surface area contributed by atoms with Gasteiger partial charge >= 0.3 is 0 Å². The van der Waals surface area contributed by atoms with Gasteiger partial charge < -0.3 is 5.32 Å². The molecule has 0 aliphatic carbocycles. The summed E-state index contributed by atoms with van der Waals surface area (Å²) in [7, 11) is -6.77. The van der Waals surface area contributed by atoms with Crippen molar-refractivity contribution in [1.82, 2.24) is 10.3 Å². The molecule has 0 unspecified atom stereocenters. The van der Waals surface area contributed by atoms with Crippen LogP contribution in [-0.4, -0.2) is 40.2 Å². The number of hydrogen-bond acceptors (Lipinski definition) is 6. The van der Waals surface area contributed by atoms with Gasteiger partial charge in [0.25, 0.3) is 5.91 Å². The third-order valence-corrected chi connectivity index (χ3v) is 8.24. The summed E-state index contributed by atoms with van der Waals surface area (Å²) in [5.41, 5.74) is 4.92. The van der Waals surface area contributed by atoms with E-state index in [0.717, 1.165) is 28.5 Å². The van der Waals surface area contributed by atoms with E-state index in [1.165, 1.54) is 12.3 Å². The Morgan fingerprint density at radius 1 is 0.757 bits per heavy atom. The van der Waals surface area contributed by atoms with Gasteiger partial charge in [0, 0.05) is 24.3 Å². The van der Waals surface area contributed by atoms with Gasteiger partial charge in [0.1, 0.15) is 0 Å². The maximum absolute atomic E-state index is 12.7. The van der Waals surface area contributed by atoms with E-state index in [4.69, 9.17) is 0 Å². The molecular formula is C28H26N2O5S2. The minimum absolute atomic E-state index is 0.127. The number of sulfone groups is 2. The number of rotatable bonds is 7. The van der Waals surface area contributed by atoms with Gasteiger partial charge in [-0.3, -0.25) is 9.78 Å². The number of carbonyl (C=O) groups excluding carboxylic acids is 1. The maximum Gasteiger partial charge on any atom is 0.251 e. The van der Waals surface area contributed by atoms with Crippen LogP contribution in [0.15, 0.2) is 94.9 Å². The Morgan fingerprint density at radius 2 is 1.38 bits per heavy atom. The average Bonchev–Trinajstić information content (AvgIpc) is 2.87. The average molecular weight is 535 g/mol. The predicted molar refractivity (Wildman–Crippen MR) is 144 cm³/mol. The minimum atomic E-state index is -3.45. The molecule has 4 rings (SSSR count). The van der Waals surface area contributed by atoms with E-state index in [-0.39, 0.29) is 21.9 Å². The molecule has 0 spiro atoms. The van der Waals surface area contributed by atoms with Gasteiger partial charge in [0.15, 0.2) is 19.7 Å². The maximum atomic E-state index is 12.7. The van der Waals surface area contributed by atoms with Gasteiger partial charge in [-0.1, -0.05) is 36.4 Å². The summed E-state index contributed by atoms with van der Waals surface area (Å²) in [6, 6.07) is 22.9. The molecule has 0 saturated carbocycles. The molecule has 0 saturated heterocycles. The SMILES string of the molecule is Cc1ccc(C(=O)NCc2cc(-c3cccc(-c4cccc(S(C)(=O)=O)c4)c3)ccn2)cc1S(C)(=O)=O. The lowest BCUT2D eigenvalue weighted by Crippen LogP contribution is -2.23. The number of aromatic nitrogens is 1. The van der Waals surface area contributed by atoms with Crippen LogP contribution in [0.1, 0.15) is 21.6 Å². The summed E-state index contributed by atoms with van der Waals surface area (Å²) >= 11 is 0. The Balaban J connectivity index is 1.54. The number of nitrogens with zero attached hydrogens (tertiary/aromatic N) is 1. The van der Waals surface area contributed by atoms with Crippen molar-refractivity contribution in [3.8, 4) is 22.3 Å². The van der Waals surface area contributed by atoms with Crippen molar-refractivity contribution in [1.29, 1.82) is 0 Å². The molecule has 3 aromatic carbocycles. The second-order valence-electron chi connectivity index (χ2n) is 8.85. The third-order valence-electron chi connectivity index (χ3n) is 5.89. The fraction of sp³-hybridized carbons (Fsp3) is 0.143. The number of aryl methyl sites for hydroxylation is 1. The highest BCUT2D eigenvalue weighted by atomic mass is 32.2. The smallest absolute Gasteiger partial charge is 0.251 e. The molecule has 1 N–H and O–H groups in total. The molecule has 1 heterocycles. The van der Waals surface area contributed by atoms with Crippen molar-refractivity contribution < 1.29 is 21.6 Å². The number of nitrogens with one attached hydrogen (secondary N) is 1. The fourth-order valence-electron chi connectivity index (χ4n) is 3.95. The zero-order chi connectivity index (χ0) is 26.8. The molecule has 9 heteroatoms. The van der Waals surface area contributed by atoms with Gasteiger partial charge in [-0.2, -0.15) is 0 Å². The summed E-state index contributed by atoms with van der Waals surface area (Å²) < 4.78 is 47.9. The van der Waals surface area contributed by atoms with Crippen LogP contribution in [0.4, 0.5) is 0 Å². The fourth-order valence-corrected chi connectivity index (χ4v) is 5.61. The molecule has 0 bridgehead atoms. The summed E-state index contributed by atoms with van der Waals surface area (Å²) in [5, 5.41) is 2.80. The zero-order valence-corrected chi connectivity index (χ0v) is 22.2. The molecule has 0 fully saturated rings. The molecule has 0 radical (unpaired) electrons. The largest absolute Gasteiger partial charge is 0.346 e. The minimum Gasteiger partial charge on any atom is -0.346 e. The lowest BCUT2D eigenvalue weighted by molar-refractivity contribution is 0.0950. The van der Waals surface area contributed by atoms with E-state index in [2.05, 4.69) is 10.3 Å². The van der Waals surface area contributed by atoms with Crippen LogP contribution in [0, 0.1) is 6.92 Å². The van der Waals surface area contributed by atoms with Gasteiger partial charge in [-0.15, -0.1) is 0 Å². The first-order valence-electron chi connectivity index (χ1n) is 11.4. The molecule has 0 aliphatic rings. The van der Waals surface area contributed by atoms with Crippen LogP contribution in [0.3, 0.4) is 0 Å². The van der Waals surface area contributed by atoms with Crippen LogP contribution in [-0.2, 0) is 26.2 Å². The standard InChI is InChI=1S/C28H26N2O5S2/c1-19-10-11-24(17-27(19)37(3,34)35)28(31)30-18-25-15-23(12-13-29-25)21-7-4-6-20(14-21)22-8-5-9-26(16-22)36(2,32)33/h4-17H,18H2,1-3H3,(H,30,31). The molecule has 1 amide bonds. The van der Waals surface area contributed by atoms with Gasteiger partial charge in [0.2, 0.25) is 0 Å². The number of pyridine rings is 1. The first-order chi connectivity index (χ1) is 17.4.